The number of ether oxygens (including phenoxy) is 1. The quantitative estimate of drug-likeness (QED) is 0.371. The molecule has 11 heteroatoms. The summed E-state index contributed by atoms with van der Waals surface area (Å²) in [5.74, 6) is -1.50. The molecule has 0 saturated carbocycles. The molecule has 6 nitrogen and oxygen atoms in total. The molecule has 0 radical (unpaired) electrons. The molecule has 3 heterocycles. The van der Waals surface area contributed by atoms with E-state index in [1.54, 1.807) is 4.68 Å². The van der Waals surface area contributed by atoms with Crippen LogP contribution in [0.15, 0.2) is 30.6 Å². The molecule has 1 N–H and O–H groups in total. The average Bonchev–Trinajstić information content (AvgIpc) is 3.17. The molecule has 1 aliphatic rings. The predicted octanol–water partition coefficient (Wildman–Crippen LogP) is 5.90. The number of fused-ring (bicyclic) bond motifs is 1. The summed E-state index contributed by atoms with van der Waals surface area (Å²) in [6, 6.07) is 2.80. The Hall–Kier alpha value is -2.98. The first-order valence-corrected chi connectivity index (χ1v) is 10.5. The van der Waals surface area contributed by atoms with Gasteiger partial charge in [0.25, 0.3) is 0 Å². The van der Waals surface area contributed by atoms with E-state index in [4.69, 9.17) is 16.3 Å². The molecule has 1 amide bonds. The lowest BCUT2D eigenvalue weighted by Crippen LogP contribution is -2.19. The van der Waals surface area contributed by atoms with Gasteiger partial charge in [-0.2, -0.15) is 18.3 Å². The maximum Gasteiger partial charge on any atom is 0.435 e. The maximum atomic E-state index is 14.6. The molecular formula is C22H19ClF4N4O2. The molecule has 1 fully saturated rings. The molecule has 174 valence electrons. The number of benzene rings is 1. The zero-order valence-corrected chi connectivity index (χ0v) is 18.2. The van der Waals surface area contributed by atoms with Crippen LogP contribution in [0.25, 0.3) is 17.0 Å². The molecule has 2 aromatic heterocycles. The lowest BCUT2D eigenvalue weighted by molar-refractivity contribution is -0.140. The maximum absolute atomic E-state index is 14.6. The van der Waals surface area contributed by atoms with E-state index in [1.165, 1.54) is 31.3 Å². The standard InChI is InChI=1S/C22H19ClF4N4O2/c1-12-15(23)11-28-21(22(25,26)27)20(12)30-18(32)6-5-13-9-17-14(8-16(13)24)10-29-31(17)19-4-2-3-7-33-19/h5-6,8-11,19H,2-4,7H2,1H3,(H,30,32)/b6-5+. The Kier molecular flexibility index (Phi) is 6.40. The highest BCUT2D eigenvalue weighted by molar-refractivity contribution is 6.31. The number of hydrogen-bond donors (Lipinski definition) is 1. The number of carbonyl (C=O) groups is 1. The number of nitrogens with one attached hydrogen (secondary N) is 1. The number of alkyl halides is 3. The summed E-state index contributed by atoms with van der Waals surface area (Å²) < 4.78 is 61.8. The summed E-state index contributed by atoms with van der Waals surface area (Å²) >= 11 is 5.87. The summed E-state index contributed by atoms with van der Waals surface area (Å²) in [6.45, 7) is 1.94. The molecule has 1 unspecified atom stereocenters. The van der Waals surface area contributed by atoms with Crippen LogP contribution in [0.4, 0.5) is 23.2 Å². The van der Waals surface area contributed by atoms with Gasteiger partial charge in [-0.05, 0) is 50.0 Å². The Morgan fingerprint density at radius 2 is 2.09 bits per heavy atom. The van der Waals surface area contributed by atoms with Crippen LogP contribution in [0.2, 0.25) is 5.02 Å². The van der Waals surface area contributed by atoms with E-state index in [-0.39, 0.29) is 22.4 Å². The largest absolute Gasteiger partial charge is 0.435 e. The highest BCUT2D eigenvalue weighted by atomic mass is 35.5. The molecule has 4 rings (SSSR count). The first-order valence-electron chi connectivity index (χ1n) is 10.1. The molecule has 1 aromatic carbocycles. The third kappa shape index (κ3) is 4.86. The van der Waals surface area contributed by atoms with Gasteiger partial charge in [0.2, 0.25) is 5.91 Å². The smallest absolute Gasteiger partial charge is 0.356 e. The minimum atomic E-state index is -4.79. The number of pyridine rings is 1. The van der Waals surface area contributed by atoms with Crippen molar-refractivity contribution in [2.24, 2.45) is 0 Å². The van der Waals surface area contributed by atoms with Crippen LogP contribution in [-0.4, -0.2) is 27.3 Å². The second-order valence-corrected chi connectivity index (χ2v) is 8.03. The number of anilines is 1. The minimum absolute atomic E-state index is 0.0183. The number of hydrogen-bond acceptors (Lipinski definition) is 4. The molecule has 3 aromatic rings. The van der Waals surface area contributed by atoms with Crippen LogP contribution in [-0.2, 0) is 15.7 Å². The molecule has 1 aliphatic heterocycles. The fourth-order valence-corrected chi connectivity index (χ4v) is 3.78. The van der Waals surface area contributed by atoms with E-state index in [2.05, 4.69) is 15.4 Å². The van der Waals surface area contributed by atoms with E-state index in [0.717, 1.165) is 31.5 Å². The second-order valence-electron chi connectivity index (χ2n) is 7.62. The van der Waals surface area contributed by atoms with E-state index in [1.807, 2.05) is 0 Å². The normalized spacial score (nSPS) is 17.1. The number of aromatic nitrogens is 3. The fourth-order valence-electron chi connectivity index (χ4n) is 3.63. The zero-order chi connectivity index (χ0) is 23.8. The van der Waals surface area contributed by atoms with E-state index in [0.29, 0.717) is 17.5 Å². The highest BCUT2D eigenvalue weighted by Crippen LogP contribution is 2.37. The number of halogens is 5. The molecule has 1 saturated heterocycles. The first-order chi connectivity index (χ1) is 15.6. The van der Waals surface area contributed by atoms with Gasteiger partial charge in [-0.25, -0.2) is 14.1 Å². The number of nitrogens with zero attached hydrogens (tertiary/aromatic N) is 3. The topological polar surface area (TPSA) is 69.0 Å². The van der Waals surface area contributed by atoms with Gasteiger partial charge in [-0.1, -0.05) is 11.6 Å². The van der Waals surface area contributed by atoms with E-state index in [9.17, 15) is 22.4 Å². The summed E-state index contributed by atoms with van der Waals surface area (Å²) in [6.07, 6.45) is 2.20. The van der Waals surface area contributed by atoms with Gasteiger partial charge in [0, 0.05) is 29.8 Å². The summed E-state index contributed by atoms with van der Waals surface area (Å²) in [4.78, 5) is 15.7. The average molecular weight is 483 g/mol. The van der Waals surface area contributed by atoms with Gasteiger partial charge in [-0.3, -0.25) is 4.79 Å². The van der Waals surface area contributed by atoms with Crippen LogP contribution >= 0.6 is 11.6 Å². The van der Waals surface area contributed by atoms with Crippen LogP contribution in [0.1, 0.15) is 42.3 Å². The highest BCUT2D eigenvalue weighted by Gasteiger charge is 2.37. The summed E-state index contributed by atoms with van der Waals surface area (Å²) in [5.41, 5.74) is -1.10. The van der Waals surface area contributed by atoms with E-state index < -0.39 is 29.3 Å². The third-order valence-corrected chi connectivity index (χ3v) is 5.73. The zero-order valence-electron chi connectivity index (χ0n) is 17.4. The monoisotopic (exact) mass is 482 g/mol. The predicted molar refractivity (Wildman–Crippen MR) is 115 cm³/mol. The van der Waals surface area contributed by atoms with Gasteiger partial charge in [0.1, 0.15) is 5.82 Å². The Labute approximate surface area is 191 Å². The molecule has 33 heavy (non-hydrogen) atoms. The van der Waals surface area contributed by atoms with Gasteiger partial charge < -0.3 is 10.1 Å². The Bertz CT molecular complexity index is 1230. The van der Waals surface area contributed by atoms with Crippen molar-refractivity contribution in [1.29, 1.82) is 0 Å². The number of amides is 1. The molecular weight excluding hydrogens is 464 g/mol. The Balaban J connectivity index is 1.61. The van der Waals surface area contributed by atoms with Crippen molar-refractivity contribution in [3.05, 3.63) is 58.3 Å². The van der Waals surface area contributed by atoms with Gasteiger partial charge >= 0.3 is 6.18 Å². The van der Waals surface area contributed by atoms with Crippen LogP contribution in [0.3, 0.4) is 0 Å². The Morgan fingerprint density at radius 1 is 1.30 bits per heavy atom. The molecule has 0 bridgehead atoms. The second kappa shape index (κ2) is 9.11. The van der Waals surface area contributed by atoms with Crippen molar-refractivity contribution < 1.29 is 27.1 Å². The van der Waals surface area contributed by atoms with Crippen molar-refractivity contribution in [2.45, 2.75) is 38.6 Å². The van der Waals surface area contributed by atoms with Crippen molar-refractivity contribution in [2.75, 3.05) is 11.9 Å². The molecule has 0 aliphatic carbocycles. The Morgan fingerprint density at radius 3 is 2.79 bits per heavy atom. The lowest BCUT2D eigenvalue weighted by Gasteiger charge is -2.23. The molecule has 1 atom stereocenters. The number of carbonyl (C=O) groups excluding carboxylic acids is 1. The first kappa shape index (κ1) is 23.2. The SMILES string of the molecule is Cc1c(Cl)cnc(C(F)(F)F)c1NC(=O)/C=C/c1cc2c(cnn2C2CCCCO2)cc1F. The van der Waals surface area contributed by atoms with Crippen molar-refractivity contribution >= 4 is 40.2 Å². The lowest BCUT2D eigenvalue weighted by atomic mass is 10.1. The van der Waals surface area contributed by atoms with Crippen molar-refractivity contribution in [3.8, 4) is 0 Å². The minimum Gasteiger partial charge on any atom is -0.356 e. The van der Waals surface area contributed by atoms with Gasteiger partial charge in [-0.15, -0.1) is 0 Å². The summed E-state index contributed by atoms with van der Waals surface area (Å²) in [7, 11) is 0. The van der Waals surface area contributed by atoms with Crippen molar-refractivity contribution in [1.82, 2.24) is 14.8 Å². The van der Waals surface area contributed by atoms with Gasteiger partial charge in [0.15, 0.2) is 11.9 Å². The van der Waals surface area contributed by atoms with Crippen LogP contribution < -0.4 is 5.32 Å². The van der Waals surface area contributed by atoms with Gasteiger partial charge in [0.05, 0.1) is 22.4 Å². The van der Waals surface area contributed by atoms with Crippen molar-refractivity contribution in [3.63, 3.8) is 0 Å². The number of rotatable bonds is 4. The fraction of sp³-hybridized carbons (Fsp3) is 0.318. The molecule has 0 spiro atoms. The van der Waals surface area contributed by atoms with Crippen LogP contribution in [0, 0.1) is 12.7 Å². The summed E-state index contributed by atoms with van der Waals surface area (Å²) in [5, 5.41) is 6.99. The third-order valence-electron chi connectivity index (χ3n) is 5.35. The van der Waals surface area contributed by atoms with E-state index >= 15 is 0 Å². The van der Waals surface area contributed by atoms with Crippen LogP contribution in [0.5, 0.6) is 0 Å².